The first kappa shape index (κ1) is 33.7. The van der Waals surface area contributed by atoms with E-state index in [4.69, 9.17) is 0 Å². The minimum atomic E-state index is -0.479. The molecule has 0 bridgehead atoms. The molecule has 0 atom stereocenters. The van der Waals surface area contributed by atoms with Crippen molar-refractivity contribution in [3.05, 3.63) is 69.8 Å². The van der Waals surface area contributed by atoms with Crippen LogP contribution in [-0.4, -0.2) is 6.54 Å². The van der Waals surface area contributed by atoms with Crippen LogP contribution in [-0.2, 0) is 46.9 Å². The van der Waals surface area contributed by atoms with E-state index in [1.165, 1.54) is 33.4 Å². The molecule has 1 heterocycles. The summed E-state index contributed by atoms with van der Waals surface area (Å²) in [6, 6.07) is 14.2. The van der Waals surface area contributed by atoms with E-state index in [0.717, 1.165) is 13.0 Å². The molecule has 0 aliphatic carbocycles. The maximum atomic E-state index is 4.23. The molecule has 2 aromatic rings. The minimum absolute atomic E-state index is 0. The Hall–Kier alpha value is -0.346. The van der Waals surface area contributed by atoms with E-state index in [0.29, 0.717) is 0 Å². The van der Waals surface area contributed by atoms with Gasteiger partial charge in [-0.25, -0.2) is 0 Å². The van der Waals surface area contributed by atoms with Crippen molar-refractivity contribution in [1.82, 2.24) is 7.60 Å². The van der Waals surface area contributed by atoms with Crippen molar-refractivity contribution in [3.8, 4) is 0 Å². The van der Waals surface area contributed by atoms with Crippen molar-refractivity contribution in [3.63, 3.8) is 0 Å². The molecule has 1 fully saturated rings. The van der Waals surface area contributed by atoms with Crippen LogP contribution in [0.15, 0.2) is 36.4 Å². The van der Waals surface area contributed by atoms with Gasteiger partial charge in [-0.05, 0) is 0 Å². The van der Waals surface area contributed by atoms with Gasteiger partial charge >= 0.3 is 220 Å². The summed E-state index contributed by atoms with van der Waals surface area (Å²) < 4.78 is 7.95. The molecule has 0 aromatic heterocycles. The zero-order valence-corrected chi connectivity index (χ0v) is 27.7. The Kier molecular flexibility index (Phi) is 10.7. The van der Waals surface area contributed by atoms with Gasteiger partial charge in [0.25, 0.3) is 0 Å². The predicted molar refractivity (Wildman–Crippen MR) is 144 cm³/mol. The second kappa shape index (κ2) is 11.4. The monoisotopic (exact) mass is 566 g/mol. The molecule has 2 aromatic carbocycles. The molecular weight excluding hydrogens is 519 g/mol. The fourth-order valence-electron chi connectivity index (χ4n) is 5.55. The number of halogens is 2. The third-order valence-corrected chi connectivity index (χ3v) is 8.73. The SMILES string of the molecule is CC(C)(C)c1cccc(C(C)(C)C)c1C1(c2c(C(C)(C)C)cccc2C(C)(C)C)CC[NH][Ti+2][NH]1.[Cl-].[Cl-]. The van der Waals surface area contributed by atoms with Crippen LogP contribution in [0, 0.1) is 0 Å². The van der Waals surface area contributed by atoms with Crippen molar-refractivity contribution >= 4 is 0 Å². The van der Waals surface area contributed by atoms with Crippen molar-refractivity contribution in [2.45, 2.75) is 117 Å². The summed E-state index contributed by atoms with van der Waals surface area (Å²) in [4.78, 5) is 0. The van der Waals surface area contributed by atoms with E-state index in [2.05, 4.69) is 127 Å². The number of nitrogens with one attached hydrogen (secondary N) is 2. The van der Waals surface area contributed by atoms with E-state index in [-0.39, 0.29) is 52.0 Å². The molecule has 5 heteroatoms. The largest absolute Gasteiger partial charge is 1.00 e. The summed E-state index contributed by atoms with van der Waals surface area (Å²) in [6.45, 7) is 29.6. The van der Waals surface area contributed by atoms with Crippen molar-refractivity contribution in [2.24, 2.45) is 0 Å². The van der Waals surface area contributed by atoms with Crippen molar-refractivity contribution < 1.29 is 44.5 Å². The molecule has 36 heavy (non-hydrogen) atoms. The number of benzene rings is 2. The van der Waals surface area contributed by atoms with E-state index in [9.17, 15) is 0 Å². The van der Waals surface area contributed by atoms with Crippen LogP contribution in [0.25, 0.3) is 0 Å². The Labute approximate surface area is 243 Å². The zero-order chi connectivity index (χ0) is 25.7. The standard InChI is InChI=1S/C31H48N2.2ClH.Ti/c1-27(2,3)21-15-13-16-22(28(4,5)6)25(21)31(33,19-20-32)26-23(29(7,8)9)17-14-18-24(26)30(10,11)12;;;/h13-18,32-33H,19-20H2,1-12H3;2*1H;/q-2;;;+4/p-2. The first-order valence-electron chi connectivity index (χ1n) is 12.9. The van der Waals surface area contributed by atoms with Crippen LogP contribution in [0.1, 0.15) is 123 Å². The second-order valence-electron chi connectivity index (χ2n) is 14.3. The van der Waals surface area contributed by atoms with Crippen LogP contribution in [0.3, 0.4) is 0 Å². The Bertz CT molecular complexity index is 886. The van der Waals surface area contributed by atoms with Gasteiger partial charge in [0.2, 0.25) is 0 Å². The average Bonchev–Trinajstić information content (AvgIpc) is 2.70. The molecule has 1 aliphatic heterocycles. The maximum Gasteiger partial charge on any atom is -1.00 e. The Morgan fingerprint density at radius 2 is 0.889 bits per heavy atom. The molecule has 2 N–H and O–H groups in total. The first-order chi connectivity index (χ1) is 15.4. The summed E-state index contributed by atoms with van der Waals surface area (Å²) in [5.41, 5.74) is 8.96. The fourth-order valence-corrected chi connectivity index (χ4v) is 7.00. The molecule has 0 saturated carbocycles. The van der Waals surface area contributed by atoms with Gasteiger partial charge in [-0.3, -0.25) is 0 Å². The Morgan fingerprint density at radius 1 is 0.583 bits per heavy atom. The third-order valence-electron chi connectivity index (χ3n) is 7.20. The van der Waals surface area contributed by atoms with Gasteiger partial charge < -0.3 is 24.8 Å². The number of rotatable bonds is 2. The molecule has 1 saturated heterocycles. The second-order valence-corrected chi connectivity index (χ2v) is 15.6. The molecule has 0 unspecified atom stereocenters. The quantitative estimate of drug-likeness (QED) is 0.540. The van der Waals surface area contributed by atoms with Gasteiger partial charge in [0.05, 0.1) is 0 Å². The minimum Gasteiger partial charge on any atom is -1.00 e. The summed E-state index contributed by atoms with van der Waals surface area (Å²) >= 11 is -0.479. The molecule has 2 nitrogen and oxygen atoms in total. The van der Waals surface area contributed by atoms with Gasteiger partial charge in [0.1, 0.15) is 0 Å². The molecule has 3 rings (SSSR count). The summed E-state index contributed by atoms with van der Waals surface area (Å²) in [6.07, 6.45) is 1.06. The fraction of sp³-hybridized carbons (Fsp3) is 0.613. The van der Waals surface area contributed by atoms with E-state index >= 15 is 0 Å². The van der Waals surface area contributed by atoms with Crippen LogP contribution in [0.2, 0.25) is 0 Å². The van der Waals surface area contributed by atoms with Crippen LogP contribution in [0.4, 0.5) is 0 Å². The number of hydrogen-bond donors (Lipinski definition) is 2. The van der Waals surface area contributed by atoms with Gasteiger partial charge in [-0.2, -0.15) is 0 Å². The summed E-state index contributed by atoms with van der Waals surface area (Å²) in [7, 11) is 0. The normalized spacial score (nSPS) is 16.2. The summed E-state index contributed by atoms with van der Waals surface area (Å²) in [5.74, 6) is 0. The molecule has 200 valence electrons. The average molecular weight is 568 g/mol. The molecule has 0 radical (unpaired) electrons. The Morgan fingerprint density at radius 3 is 1.11 bits per heavy atom. The van der Waals surface area contributed by atoms with Gasteiger partial charge in [0, 0.05) is 0 Å². The molecule has 0 spiro atoms. The smallest absolute Gasteiger partial charge is 1.00 e. The maximum absolute atomic E-state index is 4.23. The zero-order valence-electron chi connectivity index (χ0n) is 24.6. The van der Waals surface area contributed by atoms with Crippen molar-refractivity contribution in [1.29, 1.82) is 0 Å². The topological polar surface area (TPSA) is 24.1 Å². The van der Waals surface area contributed by atoms with Crippen molar-refractivity contribution in [2.75, 3.05) is 6.54 Å². The Balaban J connectivity index is 0.00000324. The van der Waals surface area contributed by atoms with Gasteiger partial charge in [-0.15, -0.1) is 0 Å². The first-order valence-corrected chi connectivity index (χ1v) is 14.5. The molecule has 1 aliphatic rings. The molecule has 0 amide bonds. The van der Waals surface area contributed by atoms with Crippen LogP contribution in [0.5, 0.6) is 0 Å². The van der Waals surface area contributed by atoms with E-state index in [1.807, 2.05) is 0 Å². The summed E-state index contributed by atoms with van der Waals surface area (Å²) in [5, 5.41) is 0. The van der Waals surface area contributed by atoms with Crippen LogP contribution < -0.4 is 32.4 Å². The van der Waals surface area contributed by atoms with Gasteiger partial charge in [0.15, 0.2) is 0 Å². The predicted octanol–water partition coefficient (Wildman–Crippen LogP) is 1.62. The third kappa shape index (κ3) is 6.61. The molecular formula is C31H48Cl2N2Ti. The number of hydrogen-bond acceptors (Lipinski definition) is 2. The van der Waals surface area contributed by atoms with E-state index < -0.39 is 19.7 Å². The van der Waals surface area contributed by atoms with Gasteiger partial charge in [-0.1, -0.05) is 0 Å². The van der Waals surface area contributed by atoms with Crippen LogP contribution >= 0.6 is 0 Å². The van der Waals surface area contributed by atoms with E-state index in [1.54, 1.807) is 0 Å².